The van der Waals surface area contributed by atoms with E-state index in [1.165, 1.54) is 17.1 Å². The van der Waals surface area contributed by atoms with Crippen molar-refractivity contribution < 1.29 is 9.59 Å². The number of nitrogens with zero attached hydrogens (tertiary/aromatic N) is 1. The molecule has 3 nitrogen and oxygen atoms in total. The minimum atomic E-state index is -0.271. The Kier molecular flexibility index (Phi) is 2.79. The van der Waals surface area contributed by atoms with Crippen LogP contribution in [0.3, 0.4) is 0 Å². The van der Waals surface area contributed by atoms with Crippen molar-refractivity contribution in [1.29, 1.82) is 0 Å². The molecule has 4 heteroatoms. The molecule has 1 atom stereocenters. The number of carbonyl (C=O) groups excluding carboxylic acids is 2. The number of rotatable bonds is 2. The standard InChI is InChI=1S/C12H10ClNO2/c1-8(9-2-4-10(13)5-3-9)14-11(15)6-7-12(14)16/h2-8H,1H3. The van der Waals surface area contributed by atoms with E-state index in [0.29, 0.717) is 5.02 Å². The predicted octanol–water partition coefficient (Wildman–Crippen LogP) is 2.33. The summed E-state index contributed by atoms with van der Waals surface area (Å²) in [6.07, 6.45) is 2.57. The molecule has 0 bridgehead atoms. The van der Waals surface area contributed by atoms with Crippen molar-refractivity contribution in [1.82, 2.24) is 4.90 Å². The third-order valence-corrected chi connectivity index (χ3v) is 2.84. The summed E-state index contributed by atoms with van der Waals surface area (Å²) in [6, 6.07) is 6.84. The monoisotopic (exact) mass is 235 g/mol. The Labute approximate surface area is 98.3 Å². The molecule has 0 fully saturated rings. The molecule has 1 aliphatic rings. The molecule has 0 aliphatic carbocycles. The number of hydrogen-bond acceptors (Lipinski definition) is 2. The normalized spacial score (nSPS) is 17.0. The fourth-order valence-corrected chi connectivity index (χ4v) is 1.81. The zero-order valence-electron chi connectivity index (χ0n) is 8.68. The summed E-state index contributed by atoms with van der Waals surface area (Å²) in [6.45, 7) is 1.81. The van der Waals surface area contributed by atoms with Crippen LogP contribution in [0.15, 0.2) is 36.4 Å². The van der Waals surface area contributed by atoms with Crippen LogP contribution in [0.1, 0.15) is 18.5 Å². The molecule has 0 spiro atoms. The summed E-state index contributed by atoms with van der Waals surface area (Å²) in [5.41, 5.74) is 0.884. The van der Waals surface area contributed by atoms with Crippen LogP contribution in [0.5, 0.6) is 0 Å². The van der Waals surface area contributed by atoms with Gasteiger partial charge in [0, 0.05) is 17.2 Å². The van der Waals surface area contributed by atoms with Gasteiger partial charge < -0.3 is 0 Å². The molecule has 0 saturated carbocycles. The van der Waals surface area contributed by atoms with Gasteiger partial charge in [0.1, 0.15) is 0 Å². The first kappa shape index (κ1) is 10.9. The topological polar surface area (TPSA) is 37.4 Å². The highest BCUT2D eigenvalue weighted by molar-refractivity contribution is 6.30. The van der Waals surface area contributed by atoms with E-state index in [0.717, 1.165) is 5.56 Å². The lowest BCUT2D eigenvalue weighted by Crippen LogP contribution is -2.32. The maximum atomic E-state index is 11.5. The van der Waals surface area contributed by atoms with Crippen molar-refractivity contribution in [2.45, 2.75) is 13.0 Å². The first-order chi connectivity index (χ1) is 7.59. The number of benzene rings is 1. The van der Waals surface area contributed by atoms with E-state index in [1.54, 1.807) is 12.1 Å². The molecule has 1 aliphatic heterocycles. The van der Waals surface area contributed by atoms with Crippen molar-refractivity contribution in [2.24, 2.45) is 0 Å². The molecule has 1 unspecified atom stereocenters. The van der Waals surface area contributed by atoms with Gasteiger partial charge in [-0.1, -0.05) is 23.7 Å². The Balaban J connectivity index is 2.25. The molecule has 0 saturated heterocycles. The van der Waals surface area contributed by atoms with Crippen LogP contribution in [0.2, 0.25) is 5.02 Å². The minimum Gasteiger partial charge on any atom is -0.269 e. The maximum Gasteiger partial charge on any atom is 0.254 e. The molecule has 1 aromatic carbocycles. The zero-order chi connectivity index (χ0) is 11.7. The Morgan fingerprint density at radius 1 is 1.06 bits per heavy atom. The van der Waals surface area contributed by atoms with Gasteiger partial charge >= 0.3 is 0 Å². The van der Waals surface area contributed by atoms with Gasteiger partial charge in [-0.15, -0.1) is 0 Å². The quantitative estimate of drug-likeness (QED) is 0.738. The zero-order valence-corrected chi connectivity index (χ0v) is 9.44. The molecule has 0 radical (unpaired) electrons. The number of halogens is 1. The highest BCUT2D eigenvalue weighted by atomic mass is 35.5. The van der Waals surface area contributed by atoms with E-state index in [1.807, 2.05) is 19.1 Å². The number of carbonyl (C=O) groups is 2. The molecule has 82 valence electrons. The second-order valence-electron chi connectivity index (χ2n) is 3.61. The predicted molar refractivity (Wildman–Crippen MR) is 60.9 cm³/mol. The summed E-state index contributed by atoms with van der Waals surface area (Å²) in [4.78, 5) is 24.1. The van der Waals surface area contributed by atoms with E-state index >= 15 is 0 Å². The summed E-state index contributed by atoms with van der Waals surface area (Å²) in [5, 5.41) is 0.633. The molecule has 2 rings (SSSR count). The maximum absolute atomic E-state index is 11.5. The first-order valence-electron chi connectivity index (χ1n) is 4.90. The van der Waals surface area contributed by atoms with Gasteiger partial charge in [-0.3, -0.25) is 14.5 Å². The lowest BCUT2D eigenvalue weighted by Gasteiger charge is -2.22. The Hall–Kier alpha value is -1.61. The Morgan fingerprint density at radius 3 is 2.06 bits per heavy atom. The number of amides is 2. The van der Waals surface area contributed by atoms with Crippen molar-refractivity contribution in [2.75, 3.05) is 0 Å². The number of hydrogen-bond donors (Lipinski definition) is 0. The lowest BCUT2D eigenvalue weighted by atomic mass is 10.1. The fraction of sp³-hybridized carbons (Fsp3) is 0.167. The smallest absolute Gasteiger partial charge is 0.254 e. The lowest BCUT2D eigenvalue weighted by molar-refractivity contribution is -0.139. The molecule has 0 N–H and O–H groups in total. The van der Waals surface area contributed by atoms with Crippen LogP contribution < -0.4 is 0 Å². The minimum absolute atomic E-state index is 0.271. The SMILES string of the molecule is CC(c1ccc(Cl)cc1)N1C(=O)C=CC1=O. The molecule has 16 heavy (non-hydrogen) atoms. The van der Waals surface area contributed by atoms with Gasteiger partial charge in [0.25, 0.3) is 11.8 Å². The van der Waals surface area contributed by atoms with Crippen LogP contribution in [-0.2, 0) is 9.59 Å². The summed E-state index contributed by atoms with van der Waals surface area (Å²) >= 11 is 5.77. The highest BCUT2D eigenvalue weighted by Gasteiger charge is 2.28. The summed E-state index contributed by atoms with van der Waals surface area (Å²) in [5.74, 6) is -0.542. The van der Waals surface area contributed by atoms with Gasteiger partial charge in [-0.25, -0.2) is 0 Å². The van der Waals surface area contributed by atoms with Gasteiger partial charge in [0.05, 0.1) is 6.04 Å². The van der Waals surface area contributed by atoms with E-state index in [2.05, 4.69) is 0 Å². The summed E-state index contributed by atoms with van der Waals surface area (Å²) in [7, 11) is 0. The third kappa shape index (κ3) is 1.86. The molecule has 2 amide bonds. The fourth-order valence-electron chi connectivity index (χ4n) is 1.68. The third-order valence-electron chi connectivity index (χ3n) is 2.58. The van der Waals surface area contributed by atoms with Crippen molar-refractivity contribution in [3.8, 4) is 0 Å². The average Bonchev–Trinajstić information content (AvgIpc) is 2.59. The Bertz CT molecular complexity index is 446. The van der Waals surface area contributed by atoms with E-state index < -0.39 is 0 Å². The van der Waals surface area contributed by atoms with Crippen LogP contribution in [-0.4, -0.2) is 16.7 Å². The highest BCUT2D eigenvalue weighted by Crippen LogP contribution is 2.24. The molecular weight excluding hydrogens is 226 g/mol. The molecule has 0 aromatic heterocycles. The van der Waals surface area contributed by atoms with Gasteiger partial charge in [-0.2, -0.15) is 0 Å². The van der Waals surface area contributed by atoms with E-state index in [9.17, 15) is 9.59 Å². The van der Waals surface area contributed by atoms with Crippen LogP contribution in [0, 0.1) is 0 Å². The number of imide groups is 1. The van der Waals surface area contributed by atoms with Crippen molar-refractivity contribution >= 4 is 23.4 Å². The largest absolute Gasteiger partial charge is 0.269 e. The van der Waals surface area contributed by atoms with Crippen LogP contribution in [0.4, 0.5) is 0 Å². The van der Waals surface area contributed by atoms with Gasteiger partial charge in [0.2, 0.25) is 0 Å². The molecule has 1 heterocycles. The average molecular weight is 236 g/mol. The first-order valence-corrected chi connectivity index (χ1v) is 5.28. The Morgan fingerprint density at radius 2 is 1.56 bits per heavy atom. The van der Waals surface area contributed by atoms with Crippen molar-refractivity contribution in [3.63, 3.8) is 0 Å². The van der Waals surface area contributed by atoms with Crippen LogP contribution >= 0.6 is 11.6 Å². The van der Waals surface area contributed by atoms with Crippen molar-refractivity contribution in [3.05, 3.63) is 47.0 Å². The second-order valence-corrected chi connectivity index (χ2v) is 4.04. The molecule has 1 aromatic rings. The van der Waals surface area contributed by atoms with E-state index in [-0.39, 0.29) is 17.9 Å². The molecular formula is C12H10ClNO2. The van der Waals surface area contributed by atoms with Gasteiger partial charge in [0.15, 0.2) is 0 Å². The van der Waals surface area contributed by atoms with Crippen LogP contribution in [0.25, 0.3) is 0 Å². The second kappa shape index (κ2) is 4.10. The van der Waals surface area contributed by atoms with E-state index in [4.69, 9.17) is 11.6 Å². The van der Waals surface area contributed by atoms with Gasteiger partial charge in [-0.05, 0) is 24.6 Å². The summed E-state index contributed by atoms with van der Waals surface area (Å²) < 4.78 is 0.